The maximum Gasteiger partial charge on any atom is 0.221 e. The molecular formula is C17H27O2P. The molecule has 0 aliphatic carbocycles. The summed E-state index contributed by atoms with van der Waals surface area (Å²) in [6.07, 6.45) is 3.75. The lowest BCUT2D eigenvalue weighted by Crippen LogP contribution is -2.11. The fraction of sp³-hybridized carbons (Fsp3) is 0.588. The van der Waals surface area contributed by atoms with Crippen LogP contribution in [-0.2, 0) is 4.57 Å². The molecule has 0 aromatic heterocycles. The summed E-state index contributed by atoms with van der Waals surface area (Å²) in [7, 11) is -2.76. The highest BCUT2D eigenvalue weighted by atomic mass is 31.2. The van der Waals surface area contributed by atoms with Gasteiger partial charge in [-0.05, 0) is 44.7 Å². The average Bonchev–Trinajstić information content (AvgIpc) is 2.35. The first-order valence-corrected chi connectivity index (χ1v) is 9.64. The molecule has 1 aromatic rings. The fourth-order valence-electron chi connectivity index (χ4n) is 2.81. The Morgan fingerprint density at radius 3 is 2.00 bits per heavy atom. The minimum absolute atomic E-state index is 0.0946. The molecule has 1 aromatic carbocycles. The Hall–Kier alpha value is -0.880. The Morgan fingerprint density at radius 2 is 1.55 bits per heavy atom. The molecule has 0 heterocycles. The van der Waals surface area contributed by atoms with Gasteiger partial charge in [-0.15, -0.1) is 0 Å². The molecule has 3 heteroatoms. The van der Waals surface area contributed by atoms with Crippen molar-refractivity contribution < 1.29 is 9.36 Å². The molecule has 0 spiro atoms. The van der Waals surface area contributed by atoms with Gasteiger partial charge in [-0.2, -0.15) is 0 Å². The number of aryl methyl sites for hydroxylation is 3. The third kappa shape index (κ3) is 3.82. The summed E-state index contributed by atoms with van der Waals surface area (Å²) in [5.74, 6) is 0. The maximum atomic E-state index is 13.1. The van der Waals surface area contributed by atoms with Gasteiger partial charge in [-0.3, -0.25) is 4.79 Å². The zero-order valence-electron chi connectivity index (χ0n) is 13.5. The summed E-state index contributed by atoms with van der Waals surface area (Å²) in [4.78, 5) is 12.9. The predicted molar refractivity (Wildman–Crippen MR) is 87.5 cm³/mol. The van der Waals surface area contributed by atoms with E-state index in [1.54, 1.807) is 0 Å². The number of hydrogen-bond donors (Lipinski definition) is 0. The highest BCUT2D eigenvalue weighted by molar-refractivity contribution is 7.81. The first-order valence-electron chi connectivity index (χ1n) is 7.56. The van der Waals surface area contributed by atoms with Crippen molar-refractivity contribution in [3.8, 4) is 0 Å². The summed E-state index contributed by atoms with van der Waals surface area (Å²) in [5, 5.41) is 0. The zero-order valence-corrected chi connectivity index (χ0v) is 14.3. The monoisotopic (exact) mass is 294 g/mol. The van der Waals surface area contributed by atoms with Gasteiger partial charge in [-0.1, -0.05) is 38.0 Å². The van der Waals surface area contributed by atoms with E-state index in [1.807, 2.05) is 39.8 Å². The molecule has 0 radical (unpaired) electrons. The second-order valence-electron chi connectivity index (χ2n) is 5.77. The van der Waals surface area contributed by atoms with E-state index in [4.69, 9.17) is 0 Å². The van der Waals surface area contributed by atoms with E-state index < -0.39 is 7.14 Å². The Balaban J connectivity index is 3.23. The highest BCUT2D eigenvalue weighted by Crippen LogP contribution is 2.51. The lowest BCUT2D eigenvalue weighted by molar-refractivity contribution is 0.107. The quantitative estimate of drug-likeness (QED) is 0.637. The SMILES string of the molecule is CCCCP(=O)(CCC)C(=O)c1c(C)cc(C)cc1C. The highest BCUT2D eigenvalue weighted by Gasteiger charge is 2.32. The van der Waals surface area contributed by atoms with Crippen LogP contribution in [0.4, 0.5) is 0 Å². The second kappa shape index (κ2) is 7.22. The molecule has 0 aliphatic heterocycles. The van der Waals surface area contributed by atoms with Gasteiger partial charge in [0.15, 0.2) is 7.14 Å². The third-order valence-electron chi connectivity index (χ3n) is 3.72. The molecule has 1 rings (SSSR count). The van der Waals surface area contributed by atoms with Crippen molar-refractivity contribution in [2.75, 3.05) is 12.3 Å². The minimum Gasteiger partial charge on any atom is -0.315 e. The van der Waals surface area contributed by atoms with Crippen LogP contribution >= 0.6 is 7.14 Å². The number of carbonyl (C=O) groups excluding carboxylic acids is 1. The first kappa shape index (κ1) is 17.2. The van der Waals surface area contributed by atoms with Crippen molar-refractivity contribution in [2.45, 2.75) is 53.9 Å². The molecule has 0 fully saturated rings. The van der Waals surface area contributed by atoms with Crippen molar-refractivity contribution in [2.24, 2.45) is 0 Å². The largest absolute Gasteiger partial charge is 0.315 e. The number of benzene rings is 1. The second-order valence-corrected chi connectivity index (χ2v) is 8.85. The van der Waals surface area contributed by atoms with Crippen LogP contribution in [-0.4, -0.2) is 17.8 Å². The summed E-state index contributed by atoms with van der Waals surface area (Å²) >= 11 is 0. The average molecular weight is 294 g/mol. The van der Waals surface area contributed by atoms with Crippen LogP contribution in [0.1, 0.15) is 60.2 Å². The Kier molecular flexibility index (Phi) is 6.20. The lowest BCUT2D eigenvalue weighted by Gasteiger charge is -2.19. The summed E-state index contributed by atoms with van der Waals surface area (Å²) < 4.78 is 13.1. The standard InChI is InChI=1S/C17H27O2P/c1-6-8-10-20(19,9-7-2)17(18)16-14(4)11-13(3)12-15(16)5/h11-12H,6-10H2,1-5H3. The molecule has 0 bridgehead atoms. The number of hydrogen-bond acceptors (Lipinski definition) is 2. The molecule has 1 unspecified atom stereocenters. The van der Waals surface area contributed by atoms with Crippen molar-refractivity contribution in [1.29, 1.82) is 0 Å². The van der Waals surface area contributed by atoms with Gasteiger partial charge in [0.05, 0.1) is 0 Å². The van der Waals surface area contributed by atoms with Crippen molar-refractivity contribution in [3.05, 3.63) is 34.4 Å². The summed E-state index contributed by atoms with van der Waals surface area (Å²) in [6.45, 7) is 9.99. The van der Waals surface area contributed by atoms with Gasteiger partial charge in [0.1, 0.15) is 0 Å². The van der Waals surface area contributed by atoms with Crippen molar-refractivity contribution in [3.63, 3.8) is 0 Å². The Bertz CT molecular complexity index is 509. The molecular weight excluding hydrogens is 267 g/mol. The van der Waals surface area contributed by atoms with E-state index in [2.05, 4.69) is 6.92 Å². The number of unbranched alkanes of at least 4 members (excludes halogenated alkanes) is 1. The Morgan fingerprint density at radius 1 is 1.00 bits per heavy atom. The summed E-state index contributed by atoms with van der Waals surface area (Å²) in [6, 6.07) is 4.02. The van der Waals surface area contributed by atoms with Gasteiger partial charge in [-0.25, -0.2) is 0 Å². The van der Waals surface area contributed by atoms with Crippen molar-refractivity contribution >= 4 is 12.7 Å². The van der Waals surface area contributed by atoms with E-state index >= 15 is 0 Å². The van der Waals surface area contributed by atoms with E-state index in [-0.39, 0.29) is 5.52 Å². The van der Waals surface area contributed by atoms with Crippen LogP contribution in [0.25, 0.3) is 0 Å². The van der Waals surface area contributed by atoms with Crippen LogP contribution < -0.4 is 0 Å². The van der Waals surface area contributed by atoms with E-state index in [9.17, 15) is 9.36 Å². The molecule has 0 aliphatic rings. The molecule has 20 heavy (non-hydrogen) atoms. The molecule has 1 atom stereocenters. The first-order chi connectivity index (χ1) is 9.35. The smallest absolute Gasteiger partial charge is 0.221 e. The van der Waals surface area contributed by atoms with Crippen LogP contribution in [0, 0.1) is 20.8 Å². The Labute approximate surface area is 123 Å². The molecule has 0 saturated heterocycles. The molecule has 0 N–H and O–H groups in total. The molecule has 112 valence electrons. The molecule has 0 amide bonds. The van der Waals surface area contributed by atoms with Gasteiger partial charge < -0.3 is 4.57 Å². The predicted octanol–water partition coefficient (Wildman–Crippen LogP) is 5.33. The lowest BCUT2D eigenvalue weighted by atomic mass is 10.0. The van der Waals surface area contributed by atoms with Crippen LogP contribution in [0.3, 0.4) is 0 Å². The third-order valence-corrected chi connectivity index (χ3v) is 6.89. The van der Waals surface area contributed by atoms with Gasteiger partial charge in [0.25, 0.3) is 0 Å². The van der Waals surface area contributed by atoms with E-state index in [0.717, 1.165) is 36.0 Å². The van der Waals surface area contributed by atoms with Crippen LogP contribution in [0.15, 0.2) is 12.1 Å². The molecule has 2 nitrogen and oxygen atoms in total. The summed E-state index contributed by atoms with van der Waals surface area (Å²) in [5.41, 5.74) is 3.67. The van der Waals surface area contributed by atoms with E-state index in [0.29, 0.717) is 17.9 Å². The number of carbonyl (C=O) groups is 1. The van der Waals surface area contributed by atoms with Crippen molar-refractivity contribution in [1.82, 2.24) is 0 Å². The zero-order chi connectivity index (χ0) is 15.3. The van der Waals surface area contributed by atoms with Gasteiger partial charge in [0, 0.05) is 17.9 Å². The fourth-order valence-corrected chi connectivity index (χ4v) is 5.75. The van der Waals surface area contributed by atoms with Gasteiger partial charge in [0.2, 0.25) is 5.52 Å². The molecule has 0 saturated carbocycles. The maximum absolute atomic E-state index is 13.1. The van der Waals surface area contributed by atoms with Crippen LogP contribution in [0.5, 0.6) is 0 Å². The van der Waals surface area contributed by atoms with Gasteiger partial charge >= 0.3 is 0 Å². The minimum atomic E-state index is -2.76. The number of rotatable bonds is 7. The topological polar surface area (TPSA) is 34.1 Å². The normalized spacial score (nSPS) is 14.1. The van der Waals surface area contributed by atoms with E-state index in [1.165, 1.54) is 0 Å². The van der Waals surface area contributed by atoms with Crippen LogP contribution in [0.2, 0.25) is 0 Å².